The zero-order valence-electron chi connectivity index (χ0n) is 11.4. The predicted molar refractivity (Wildman–Crippen MR) is 81.6 cm³/mol. The average molecular weight is 343 g/mol. The number of amides is 1. The van der Waals surface area contributed by atoms with Gasteiger partial charge in [-0.15, -0.1) is 0 Å². The number of H-pyrrole nitrogens is 1. The summed E-state index contributed by atoms with van der Waals surface area (Å²) in [6.45, 7) is 0.175. The predicted octanol–water partition coefficient (Wildman–Crippen LogP) is 3.41. The third kappa shape index (κ3) is 2.84. The van der Waals surface area contributed by atoms with E-state index in [9.17, 15) is 14.3 Å². The molecule has 0 spiro atoms. The summed E-state index contributed by atoms with van der Waals surface area (Å²) in [4.78, 5) is 16.8. The monoisotopic (exact) mass is 342 g/mol. The highest BCUT2D eigenvalue weighted by Crippen LogP contribution is 2.34. The molecule has 1 saturated heterocycles. The van der Waals surface area contributed by atoms with Gasteiger partial charge in [-0.1, -0.05) is 35.3 Å². The van der Waals surface area contributed by atoms with Gasteiger partial charge in [-0.2, -0.15) is 0 Å². The van der Waals surface area contributed by atoms with Crippen molar-refractivity contribution in [3.05, 3.63) is 57.6 Å². The lowest BCUT2D eigenvalue weighted by molar-refractivity contribution is 0.0710. The summed E-state index contributed by atoms with van der Waals surface area (Å²) in [5.41, 5.74) is 0.888. The third-order valence-electron chi connectivity index (χ3n) is 3.73. The van der Waals surface area contributed by atoms with Gasteiger partial charge in [0.1, 0.15) is 16.7 Å². The highest BCUT2D eigenvalue weighted by molar-refractivity contribution is 6.41. The Morgan fingerprint density at radius 2 is 2.14 bits per heavy atom. The number of aliphatic hydroxyl groups excluding tert-OH is 1. The first-order valence-corrected chi connectivity index (χ1v) is 7.50. The molecule has 0 bridgehead atoms. The molecular formula is C15H13Cl2FN2O2. The first-order chi connectivity index (χ1) is 10.5. The van der Waals surface area contributed by atoms with Crippen molar-refractivity contribution in [3.63, 3.8) is 0 Å². The Bertz CT molecular complexity index is 700. The highest BCUT2D eigenvalue weighted by atomic mass is 35.5. The lowest BCUT2D eigenvalue weighted by Gasteiger charge is -2.24. The number of hydrogen-bond donors (Lipinski definition) is 2. The molecule has 22 heavy (non-hydrogen) atoms. The van der Waals surface area contributed by atoms with Crippen LogP contribution >= 0.6 is 23.2 Å². The molecule has 1 fully saturated rings. The zero-order valence-corrected chi connectivity index (χ0v) is 12.9. The van der Waals surface area contributed by atoms with E-state index in [4.69, 9.17) is 23.2 Å². The van der Waals surface area contributed by atoms with Crippen molar-refractivity contribution in [2.24, 2.45) is 0 Å². The molecule has 1 amide bonds. The molecule has 0 saturated carbocycles. The number of carbonyl (C=O) groups excluding carboxylic acids is 1. The Kier molecular flexibility index (Phi) is 4.12. The standard InChI is InChI=1S/C15H13Cl2FN2O2/c16-11-6-12(19-14(11)17)15(22)20-7-10(21)5-13(20)8-2-1-3-9(18)4-8/h1-4,6,10,13,19,21H,5,7H2/t10-,13+/m0/s1. The fourth-order valence-corrected chi connectivity index (χ4v) is 3.05. The number of nitrogens with one attached hydrogen (secondary N) is 1. The molecule has 1 aromatic carbocycles. The molecule has 2 heterocycles. The van der Waals surface area contributed by atoms with Crippen LogP contribution in [0.1, 0.15) is 28.5 Å². The molecule has 1 aliphatic heterocycles. The Balaban J connectivity index is 1.92. The molecule has 3 rings (SSSR count). The van der Waals surface area contributed by atoms with Crippen LogP contribution in [-0.4, -0.2) is 33.5 Å². The topological polar surface area (TPSA) is 56.3 Å². The summed E-state index contributed by atoms with van der Waals surface area (Å²) in [7, 11) is 0. The molecule has 116 valence electrons. The lowest BCUT2D eigenvalue weighted by Crippen LogP contribution is -2.32. The maximum Gasteiger partial charge on any atom is 0.270 e. The average Bonchev–Trinajstić information content (AvgIpc) is 3.02. The van der Waals surface area contributed by atoms with Crippen LogP contribution in [0.4, 0.5) is 4.39 Å². The van der Waals surface area contributed by atoms with Gasteiger partial charge in [0.25, 0.3) is 5.91 Å². The van der Waals surface area contributed by atoms with Crippen molar-refractivity contribution in [2.45, 2.75) is 18.6 Å². The number of benzene rings is 1. The number of β-amino-alcohol motifs (C(OH)–C–C–N with tert-alkyl or cyclic N) is 1. The van der Waals surface area contributed by atoms with E-state index in [0.29, 0.717) is 12.0 Å². The number of hydrogen-bond acceptors (Lipinski definition) is 2. The van der Waals surface area contributed by atoms with Gasteiger partial charge in [0.2, 0.25) is 0 Å². The Morgan fingerprint density at radius 1 is 1.36 bits per heavy atom. The van der Waals surface area contributed by atoms with Crippen molar-refractivity contribution < 1.29 is 14.3 Å². The van der Waals surface area contributed by atoms with Gasteiger partial charge in [-0.25, -0.2) is 4.39 Å². The lowest BCUT2D eigenvalue weighted by atomic mass is 10.0. The SMILES string of the molecule is O=C(c1cc(Cl)c(Cl)[nH]1)N1C[C@@H](O)C[C@@H]1c1cccc(F)c1. The molecular weight excluding hydrogens is 330 g/mol. The van der Waals surface area contributed by atoms with Crippen LogP contribution < -0.4 is 0 Å². The molecule has 1 aromatic heterocycles. The molecule has 7 heteroatoms. The van der Waals surface area contributed by atoms with Crippen LogP contribution in [0.5, 0.6) is 0 Å². The van der Waals surface area contributed by atoms with Gasteiger partial charge in [0.05, 0.1) is 17.2 Å². The summed E-state index contributed by atoms with van der Waals surface area (Å²) in [5.74, 6) is -0.711. The van der Waals surface area contributed by atoms with Crippen LogP contribution in [0, 0.1) is 5.82 Å². The van der Waals surface area contributed by atoms with Crippen LogP contribution in [0.2, 0.25) is 10.2 Å². The van der Waals surface area contributed by atoms with Crippen molar-refractivity contribution in [1.82, 2.24) is 9.88 Å². The Labute approximate surface area is 136 Å². The van der Waals surface area contributed by atoms with E-state index in [1.165, 1.54) is 23.1 Å². The highest BCUT2D eigenvalue weighted by Gasteiger charge is 2.36. The van der Waals surface area contributed by atoms with E-state index in [2.05, 4.69) is 4.98 Å². The second-order valence-electron chi connectivity index (χ2n) is 5.26. The van der Waals surface area contributed by atoms with Gasteiger partial charge in [-0.05, 0) is 30.2 Å². The van der Waals surface area contributed by atoms with E-state index in [-0.39, 0.29) is 40.2 Å². The van der Waals surface area contributed by atoms with Crippen molar-refractivity contribution in [2.75, 3.05) is 6.54 Å². The number of aromatic nitrogens is 1. The fraction of sp³-hybridized carbons (Fsp3) is 0.267. The van der Waals surface area contributed by atoms with E-state index in [0.717, 1.165) is 0 Å². The van der Waals surface area contributed by atoms with E-state index in [1.54, 1.807) is 12.1 Å². The summed E-state index contributed by atoms with van der Waals surface area (Å²) >= 11 is 11.7. The summed E-state index contributed by atoms with van der Waals surface area (Å²) in [6.07, 6.45) is -0.296. The molecule has 0 aliphatic carbocycles. The fourth-order valence-electron chi connectivity index (χ4n) is 2.74. The van der Waals surface area contributed by atoms with Crippen LogP contribution in [-0.2, 0) is 0 Å². The quantitative estimate of drug-likeness (QED) is 0.878. The molecule has 0 radical (unpaired) electrons. The van der Waals surface area contributed by atoms with Crippen LogP contribution in [0.15, 0.2) is 30.3 Å². The normalized spacial score (nSPS) is 21.4. The number of rotatable bonds is 2. The van der Waals surface area contributed by atoms with Crippen LogP contribution in [0.25, 0.3) is 0 Å². The van der Waals surface area contributed by atoms with Gasteiger partial charge in [-0.3, -0.25) is 4.79 Å². The molecule has 2 N–H and O–H groups in total. The number of aliphatic hydroxyl groups is 1. The first kappa shape index (κ1) is 15.3. The minimum Gasteiger partial charge on any atom is -0.391 e. The number of aromatic amines is 1. The maximum absolute atomic E-state index is 13.4. The summed E-state index contributed by atoms with van der Waals surface area (Å²) in [5, 5.41) is 10.3. The number of halogens is 3. The molecule has 2 aromatic rings. The van der Waals surface area contributed by atoms with Gasteiger partial charge in [0, 0.05) is 6.54 Å². The van der Waals surface area contributed by atoms with Gasteiger partial charge < -0.3 is 15.0 Å². The minimum absolute atomic E-state index is 0.175. The maximum atomic E-state index is 13.4. The van der Waals surface area contributed by atoms with Crippen molar-refractivity contribution in [1.29, 1.82) is 0 Å². The first-order valence-electron chi connectivity index (χ1n) is 6.74. The van der Waals surface area contributed by atoms with E-state index >= 15 is 0 Å². The van der Waals surface area contributed by atoms with E-state index < -0.39 is 6.10 Å². The van der Waals surface area contributed by atoms with Crippen molar-refractivity contribution in [3.8, 4) is 0 Å². The summed E-state index contributed by atoms with van der Waals surface area (Å²) in [6, 6.07) is 7.09. The second-order valence-corrected chi connectivity index (χ2v) is 6.05. The molecule has 2 atom stereocenters. The number of likely N-dealkylation sites (tertiary alicyclic amines) is 1. The largest absolute Gasteiger partial charge is 0.391 e. The number of carbonyl (C=O) groups is 1. The van der Waals surface area contributed by atoms with Crippen molar-refractivity contribution >= 4 is 29.1 Å². The minimum atomic E-state index is -0.655. The molecule has 4 nitrogen and oxygen atoms in total. The second kappa shape index (κ2) is 5.91. The van der Waals surface area contributed by atoms with Gasteiger partial charge >= 0.3 is 0 Å². The molecule has 1 aliphatic rings. The van der Waals surface area contributed by atoms with Gasteiger partial charge in [0.15, 0.2) is 0 Å². The van der Waals surface area contributed by atoms with Crippen LogP contribution in [0.3, 0.4) is 0 Å². The zero-order chi connectivity index (χ0) is 15.9. The smallest absolute Gasteiger partial charge is 0.270 e. The third-order valence-corrected chi connectivity index (χ3v) is 4.42. The number of nitrogens with zero attached hydrogens (tertiary/aromatic N) is 1. The Hall–Kier alpha value is -1.56. The summed E-state index contributed by atoms with van der Waals surface area (Å²) < 4.78 is 13.4. The Morgan fingerprint density at radius 3 is 2.77 bits per heavy atom. The van der Waals surface area contributed by atoms with E-state index in [1.807, 2.05) is 0 Å². The molecule has 0 unspecified atom stereocenters.